The summed E-state index contributed by atoms with van der Waals surface area (Å²) in [6.45, 7) is 12.2. The summed E-state index contributed by atoms with van der Waals surface area (Å²) in [5.41, 5.74) is -0.266. The van der Waals surface area contributed by atoms with E-state index in [1.807, 2.05) is 6.92 Å². The van der Waals surface area contributed by atoms with Gasteiger partial charge in [-0.15, -0.1) is 0 Å². The molecule has 0 aliphatic carbocycles. The van der Waals surface area contributed by atoms with E-state index in [2.05, 4.69) is 39.9 Å². The van der Waals surface area contributed by atoms with E-state index in [1.54, 1.807) is 4.90 Å². The summed E-state index contributed by atoms with van der Waals surface area (Å²) in [7, 11) is 0. The zero-order valence-corrected chi connectivity index (χ0v) is 13.1. The SMILES string of the molecule is CCCC(C)(C)N1C(=O)C(CC(C)C)NC(=O)C1C. The first-order valence-corrected chi connectivity index (χ1v) is 7.34. The molecule has 1 fully saturated rings. The van der Waals surface area contributed by atoms with E-state index < -0.39 is 0 Å². The summed E-state index contributed by atoms with van der Waals surface area (Å²) in [4.78, 5) is 26.5. The number of nitrogens with zero attached hydrogens (tertiary/aromatic N) is 1. The Balaban J connectivity index is 2.99. The zero-order chi connectivity index (χ0) is 14.8. The van der Waals surface area contributed by atoms with Crippen molar-refractivity contribution in [2.24, 2.45) is 5.92 Å². The maximum Gasteiger partial charge on any atom is 0.246 e. The van der Waals surface area contributed by atoms with Gasteiger partial charge in [0.05, 0.1) is 0 Å². The molecule has 2 atom stereocenters. The van der Waals surface area contributed by atoms with E-state index in [4.69, 9.17) is 0 Å². The Hall–Kier alpha value is -1.06. The topological polar surface area (TPSA) is 49.4 Å². The predicted molar refractivity (Wildman–Crippen MR) is 76.7 cm³/mol. The van der Waals surface area contributed by atoms with Gasteiger partial charge in [0.25, 0.3) is 0 Å². The zero-order valence-electron chi connectivity index (χ0n) is 13.1. The number of amides is 2. The molecule has 0 spiro atoms. The van der Waals surface area contributed by atoms with E-state index in [0.29, 0.717) is 12.3 Å². The number of hydrogen-bond acceptors (Lipinski definition) is 2. The fourth-order valence-electron chi connectivity index (χ4n) is 3.02. The van der Waals surface area contributed by atoms with Gasteiger partial charge in [-0.25, -0.2) is 0 Å². The molecular formula is C15H28N2O2. The van der Waals surface area contributed by atoms with Gasteiger partial charge in [-0.05, 0) is 39.5 Å². The molecule has 0 radical (unpaired) electrons. The first-order valence-electron chi connectivity index (χ1n) is 7.34. The number of carbonyl (C=O) groups excluding carboxylic acids is 2. The number of carbonyl (C=O) groups is 2. The highest BCUT2D eigenvalue weighted by Crippen LogP contribution is 2.27. The monoisotopic (exact) mass is 268 g/mol. The van der Waals surface area contributed by atoms with Gasteiger partial charge < -0.3 is 10.2 Å². The van der Waals surface area contributed by atoms with E-state index in [-0.39, 0.29) is 29.4 Å². The Morgan fingerprint density at radius 2 is 1.89 bits per heavy atom. The molecule has 1 saturated heterocycles. The highest BCUT2D eigenvalue weighted by Gasteiger charge is 2.44. The molecule has 0 aromatic rings. The van der Waals surface area contributed by atoms with Crippen molar-refractivity contribution in [3.63, 3.8) is 0 Å². The van der Waals surface area contributed by atoms with Crippen LogP contribution in [0.5, 0.6) is 0 Å². The molecule has 0 aromatic carbocycles. The number of nitrogens with one attached hydrogen (secondary N) is 1. The van der Waals surface area contributed by atoms with Gasteiger partial charge in [-0.3, -0.25) is 9.59 Å². The van der Waals surface area contributed by atoms with Gasteiger partial charge in [0.1, 0.15) is 12.1 Å². The minimum Gasteiger partial charge on any atom is -0.343 e. The van der Waals surface area contributed by atoms with Crippen LogP contribution in [-0.4, -0.2) is 34.3 Å². The Labute approximate surface area is 116 Å². The van der Waals surface area contributed by atoms with Crippen LogP contribution < -0.4 is 5.32 Å². The molecule has 110 valence electrons. The lowest BCUT2D eigenvalue weighted by Crippen LogP contribution is -2.67. The van der Waals surface area contributed by atoms with Gasteiger partial charge in [0.15, 0.2) is 0 Å². The normalized spacial score (nSPS) is 24.9. The molecule has 1 heterocycles. The van der Waals surface area contributed by atoms with Crippen LogP contribution in [0.25, 0.3) is 0 Å². The Morgan fingerprint density at radius 3 is 2.37 bits per heavy atom. The average Bonchev–Trinajstić information content (AvgIpc) is 2.25. The second kappa shape index (κ2) is 5.93. The molecule has 4 heteroatoms. The second-order valence-corrected chi connectivity index (χ2v) is 6.64. The molecule has 0 aromatic heterocycles. The Kier molecular flexibility index (Phi) is 4.99. The minimum atomic E-state index is -0.377. The van der Waals surface area contributed by atoms with Crippen LogP contribution in [0.1, 0.15) is 60.8 Å². The molecule has 2 unspecified atom stereocenters. The maximum atomic E-state index is 12.6. The summed E-state index contributed by atoms with van der Waals surface area (Å²) in [5, 5.41) is 2.86. The lowest BCUT2D eigenvalue weighted by molar-refractivity contribution is -0.155. The van der Waals surface area contributed by atoms with Gasteiger partial charge in [-0.2, -0.15) is 0 Å². The molecular weight excluding hydrogens is 240 g/mol. The van der Waals surface area contributed by atoms with Crippen molar-refractivity contribution in [2.75, 3.05) is 0 Å². The van der Waals surface area contributed by atoms with Crippen molar-refractivity contribution in [3.05, 3.63) is 0 Å². The molecule has 1 N–H and O–H groups in total. The van der Waals surface area contributed by atoms with Crippen molar-refractivity contribution >= 4 is 11.8 Å². The number of rotatable bonds is 5. The average molecular weight is 268 g/mol. The lowest BCUT2D eigenvalue weighted by atomic mass is 9.90. The molecule has 0 saturated carbocycles. The number of piperazine rings is 1. The van der Waals surface area contributed by atoms with E-state index in [1.165, 1.54) is 0 Å². The minimum absolute atomic E-state index is 0.0329. The van der Waals surface area contributed by atoms with E-state index >= 15 is 0 Å². The Bertz CT molecular complexity index is 350. The standard InChI is InChI=1S/C15H28N2O2/c1-7-8-15(5,6)17-11(4)13(18)16-12(14(17)19)9-10(2)3/h10-12H,7-9H2,1-6H3,(H,16,18). The predicted octanol–water partition coefficient (Wildman–Crippen LogP) is 2.33. The van der Waals surface area contributed by atoms with Crippen LogP contribution in [0.15, 0.2) is 0 Å². The quantitative estimate of drug-likeness (QED) is 0.832. The van der Waals surface area contributed by atoms with E-state index in [0.717, 1.165) is 12.8 Å². The lowest BCUT2D eigenvalue weighted by Gasteiger charge is -2.47. The van der Waals surface area contributed by atoms with Crippen LogP contribution in [0.3, 0.4) is 0 Å². The first-order chi connectivity index (χ1) is 8.70. The third kappa shape index (κ3) is 3.48. The number of hydrogen-bond donors (Lipinski definition) is 1. The summed E-state index contributed by atoms with van der Waals surface area (Å²) in [5.74, 6) is 0.424. The van der Waals surface area contributed by atoms with Crippen molar-refractivity contribution in [1.82, 2.24) is 10.2 Å². The van der Waals surface area contributed by atoms with Crippen LogP contribution in [0.4, 0.5) is 0 Å². The van der Waals surface area contributed by atoms with Gasteiger partial charge in [0, 0.05) is 5.54 Å². The van der Waals surface area contributed by atoms with Crippen molar-refractivity contribution in [3.8, 4) is 0 Å². The summed E-state index contributed by atoms with van der Waals surface area (Å²) >= 11 is 0. The van der Waals surface area contributed by atoms with Crippen molar-refractivity contribution in [2.45, 2.75) is 78.4 Å². The largest absolute Gasteiger partial charge is 0.343 e. The van der Waals surface area contributed by atoms with E-state index in [9.17, 15) is 9.59 Å². The Morgan fingerprint density at radius 1 is 1.32 bits per heavy atom. The van der Waals surface area contributed by atoms with Crippen LogP contribution in [0.2, 0.25) is 0 Å². The van der Waals surface area contributed by atoms with Gasteiger partial charge in [0.2, 0.25) is 11.8 Å². The van der Waals surface area contributed by atoms with Crippen molar-refractivity contribution in [1.29, 1.82) is 0 Å². The van der Waals surface area contributed by atoms with Crippen LogP contribution >= 0.6 is 0 Å². The molecule has 1 aliphatic heterocycles. The fraction of sp³-hybridized carbons (Fsp3) is 0.867. The van der Waals surface area contributed by atoms with Gasteiger partial charge in [-0.1, -0.05) is 27.2 Å². The molecule has 1 aliphatic rings. The second-order valence-electron chi connectivity index (χ2n) is 6.64. The fourth-order valence-corrected chi connectivity index (χ4v) is 3.02. The van der Waals surface area contributed by atoms with Crippen LogP contribution in [0, 0.1) is 5.92 Å². The first kappa shape index (κ1) is 16.0. The highest BCUT2D eigenvalue weighted by molar-refractivity contribution is 5.97. The van der Waals surface area contributed by atoms with Gasteiger partial charge >= 0.3 is 0 Å². The van der Waals surface area contributed by atoms with Crippen LogP contribution in [-0.2, 0) is 9.59 Å². The highest BCUT2D eigenvalue weighted by atomic mass is 16.2. The van der Waals surface area contributed by atoms with Crippen molar-refractivity contribution < 1.29 is 9.59 Å². The maximum absolute atomic E-state index is 12.6. The third-order valence-electron chi connectivity index (χ3n) is 3.84. The molecule has 1 rings (SSSR count). The molecule has 4 nitrogen and oxygen atoms in total. The summed E-state index contributed by atoms with van der Waals surface area (Å²) in [6.07, 6.45) is 2.61. The third-order valence-corrected chi connectivity index (χ3v) is 3.84. The summed E-state index contributed by atoms with van der Waals surface area (Å²) < 4.78 is 0. The summed E-state index contributed by atoms with van der Waals surface area (Å²) in [6, 6.07) is -0.739. The smallest absolute Gasteiger partial charge is 0.246 e. The molecule has 19 heavy (non-hydrogen) atoms. The molecule has 2 amide bonds. The molecule has 0 bridgehead atoms.